The summed E-state index contributed by atoms with van der Waals surface area (Å²) in [6.45, 7) is 3.63. The predicted octanol–water partition coefficient (Wildman–Crippen LogP) is 2.08. The van der Waals surface area contributed by atoms with Crippen LogP contribution in [0.15, 0.2) is 35.2 Å². The SMILES string of the molecule is CCC(C)C(=O)CS(=O)(=O)c1ccccc1. The van der Waals surface area contributed by atoms with Crippen LogP contribution in [0.5, 0.6) is 0 Å². The third-order valence-corrected chi connectivity index (χ3v) is 4.25. The fourth-order valence-electron chi connectivity index (χ4n) is 1.27. The lowest BCUT2D eigenvalue weighted by Gasteiger charge is -2.08. The molecule has 0 aliphatic heterocycles. The van der Waals surface area contributed by atoms with Crippen molar-refractivity contribution in [2.45, 2.75) is 25.2 Å². The largest absolute Gasteiger partial charge is 0.298 e. The number of hydrogen-bond acceptors (Lipinski definition) is 3. The molecule has 0 spiro atoms. The highest BCUT2D eigenvalue weighted by atomic mass is 32.2. The Bertz CT molecular complexity index is 448. The van der Waals surface area contributed by atoms with Crippen molar-refractivity contribution >= 4 is 15.6 Å². The Morgan fingerprint density at radius 3 is 2.31 bits per heavy atom. The number of Topliss-reactive ketones (excluding diaryl/α,β-unsaturated/α-hetero) is 1. The van der Waals surface area contributed by atoms with Crippen LogP contribution in [0, 0.1) is 5.92 Å². The van der Waals surface area contributed by atoms with E-state index < -0.39 is 15.6 Å². The van der Waals surface area contributed by atoms with Gasteiger partial charge in [-0.1, -0.05) is 32.0 Å². The van der Waals surface area contributed by atoms with Crippen LogP contribution in [0.1, 0.15) is 20.3 Å². The summed E-state index contributed by atoms with van der Waals surface area (Å²) in [6.07, 6.45) is 0.670. The zero-order valence-corrected chi connectivity index (χ0v) is 10.3. The Hall–Kier alpha value is -1.16. The summed E-state index contributed by atoms with van der Waals surface area (Å²) in [6, 6.07) is 8.08. The van der Waals surface area contributed by atoms with E-state index in [1.807, 2.05) is 6.92 Å². The van der Waals surface area contributed by atoms with Gasteiger partial charge in [-0.15, -0.1) is 0 Å². The molecule has 0 amide bonds. The van der Waals surface area contributed by atoms with Gasteiger partial charge in [0.15, 0.2) is 15.6 Å². The lowest BCUT2D eigenvalue weighted by Crippen LogP contribution is -2.21. The van der Waals surface area contributed by atoms with Gasteiger partial charge in [0, 0.05) is 5.92 Å². The molecule has 0 heterocycles. The monoisotopic (exact) mass is 240 g/mol. The molecule has 3 nitrogen and oxygen atoms in total. The second-order valence-electron chi connectivity index (χ2n) is 3.85. The molecule has 0 saturated heterocycles. The van der Waals surface area contributed by atoms with Crippen LogP contribution < -0.4 is 0 Å². The highest BCUT2D eigenvalue weighted by Gasteiger charge is 2.21. The van der Waals surface area contributed by atoms with Crippen molar-refractivity contribution in [1.29, 1.82) is 0 Å². The zero-order valence-electron chi connectivity index (χ0n) is 9.51. The fourth-order valence-corrected chi connectivity index (χ4v) is 2.67. The summed E-state index contributed by atoms with van der Waals surface area (Å²) in [5.41, 5.74) is 0. The van der Waals surface area contributed by atoms with E-state index in [4.69, 9.17) is 0 Å². The number of hydrogen-bond donors (Lipinski definition) is 0. The van der Waals surface area contributed by atoms with Crippen molar-refractivity contribution in [1.82, 2.24) is 0 Å². The van der Waals surface area contributed by atoms with Gasteiger partial charge in [0.05, 0.1) is 4.90 Å². The third-order valence-electron chi connectivity index (χ3n) is 2.60. The molecule has 0 aliphatic carbocycles. The third kappa shape index (κ3) is 3.17. The van der Waals surface area contributed by atoms with Gasteiger partial charge in [0.2, 0.25) is 0 Å². The summed E-state index contributed by atoms with van der Waals surface area (Å²) in [7, 11) is -3.46. The highest BCUT2D eigenvalue weighted by molar-refractivity contribution is 7.92. The van der Waals surface area contributed by atoms with Crippen molar-refractivity contribution in [3.8, 4) is 0 Å². The molecule has 0 N–H and O–H groups in total. The van der Waals surface area contributed by atoms with Crippen molar-refractivity contribution in [2.75, 3.05) is 5.75 Å². The first-order chi connectivity index (χ1) is 7.47. The van der Waals surface area contributed by atoms with Crippen molar-refractivity contribution in [3.63, 3.8) is 0 Å². The summed E-state index contributed by atoms with van der Waals surface area (Å²) >= 11 is 0. The molecule has 1 aromatic rings. The van der Waals surface area contributed by atoms with E-state index in [9.17, 15) is 13.2 Å². The minimum atomic E-state index is -3.46. The molecule has 1 rings (SSSR count). The molecule has 1 unspecified atom stereocenters. The molecule has 0 aliphatic rings. The Morgan fingerprint density at radius 1 is 1.25 bits per heavy atom. The van der Waals surface area contributed by atoms with Gasteiger partial charge in [0.1, 0.15) is 5.75 Å². The standard InChI is InChI=1S/C12H16O3S/c1-3-10(2)12(13)9-16(14,15)11-7-5-4-6-8-11/h4-8,10H,3,9H2,1-2H3. The fraction of sp³-hybridized carbons (Fsp3) is 0.417. The summed E-state index contributed by atoms with van der Waals surface area (Å²) < 4.78 is 23.7. The average Bonchev–Trinajstić information content (AvgIpc) is 2.28. The second kappa shape index (κ2) is 5.25. The van der Waals surface area contributed by atoms with E-state index in [2.05, 4.69) is 0 Å². The lowest BCUT2D eigenvalue weighted by atomic mass is 10.1. The highest BCUT2D eigenvalue weighted by Crippen LogP contribution is 2.13. The van der Waals surface area contributed by atoms with Gasteiger partial charge in [-0.25, -0.2) is 8.42 Å². The van der Waals surface area contributed by atoms with Crippen LogP contribution in [0.2, 0.25) is 0 Å². The maximum Gasteiger partial charge on any atom is 0.185 e. The molecule has 0 bridgehead atoms. The number of rotatable bonds is 5. The molecule has 0 fully saturated rings. The molecule has 16 heavy (non-hydrogen) atoms. The molecule has 1 atom stereocenters. The minimum Gasteiger partial charge on any atom is -0.298 e. The predicted molar refractivity (Wildman–Crippen MR) is 63.0 cm³/mol. The van der Waals surface area contributed by atoms with E-state index in [0.29, 0.717) is 6.42 Å². The van der Waals surface area contributed by atoms with Crippen LogP contribution in [0.4, 0.5) is 0 Å². The average molecular weight is 240 g/mol. The Morgan fingerprint density at radius 2 is 1.81 bits per heavy atom. The van der Waals surface area contributed by atoms with Crippen molar-refractivity contribution in [3.05, 3.63) is 30.3 Å². The Balaban J connectivity index is 2.86. The van der Waals surface area contributed by atoms with Crippen LogP contribution in [-0.4, -0.2) is 20.0 Å². The topological polar surface area (TPSA) is 51.2 Å². The molecule has 1 aromatic carbocycles. The minimum absolute atomic E-state index is 0.196. The zero-order chi connectivity index (χ0) is 12.2. The van der Waals surface area contributed by atoms with Crippen LogP contribution in [0.25, 0.3) is 0 Å². The van der Waals surface area contributed by atoms with E-state index >= 15 is 0 Å². The number of ketones is 1. The van der Waals surface area contributed by atoms with Gasteiger partial charge < -0.3 is 0 Å². The normalized spacial score (nSPS) is 13.4. The van der Waals surface area contributed by atoms with Crippen molar-refractivity contribution in [2.24, 2.45) is 5.92 Å². The Labute approximate surface area is 96.4 Å². The van der Waals surface area contributed by atoms with E-state index in [1.165, 1.54) is 12.1 Å². The number of sulfone groups is 1. The van der Waals surface area contributed by atoms with E-state index in [0.717, 1.165) is 0 Å². The second-order valence-corrected chi connectivity index (χ2v) is 5.84. The molecular formula is C12H16O3S. The summed E-state index contributed by atoms with van der Waals surface area (Å²) in [4.78, 5) is 11.8. The van der Waals surface area contributed by atoms with Gasteiger partial charge in [-0.2, -0.15) is 0 Å². The van der Waals surface area contributed by atoms with Crippen LogP contribution in [-0.2, 0) is 14.6 Å². The quantitative estimate of drug-likeness (QED) is 0.791. The molecule has 4 heteroatoms. The molecule has 0 aromatic heterocycles. The Kier molecular flexibility index (Phi) is 4.24. The number of carbonyl (C=O) groups excluding carboxylic acids is 1. The molecular weight excluding hydrogens is 224 g/mol. The van der Waals surface area contributed by atoms with E-state index in [-0.39, 0.29) is 16.6 Å². The maximum absolute atomic E-state index is 11.8. The molecule has 0 radical (unpaired) electrons. The first-order valence-corrected chi connectivity index (χ1v) is 6.93. The van der Waals surface area contributed by atoms with Crippen LogP contribution >= 0.6 is 0 Å². The first-order valence-electron chi connectivity index (χ1n) is 5.28. The van der Waals surface area contributed by atoms with Gasteiger partial charge >= 0.3 is 0 Å². The van der Waals surface area contributed by atoms with Gasteiger partial charge in [-0.3, -0.25) is 4.79 Å². The molecule has 88 valence electrons. The van der Waals surface area contributed by atoms with E-state index in [1.54, 1.807) is 25.1 Å². The summed E-state index contributed by atoms with van der Waals surface area (Å²) in [5, 5.41) is 0. The number of carbonyl (C=O) groups is 1. The smallest absolute Gasteiger partial charge is 0.185 e. The molecule has 0 saturated carbocycles. The van der Waals surface area contributed by atoms with Crippen LogP contribution in [0.3, 0.4) is 0 Å². The lowest BCUT2D eigenvalue weighted by molar-refractivity contribution is -0.119. The maximum atomic E-state index is 11.8. The summed E-state index contributed by atoms with van der Waals surface area (Å²) in [5.74, 6) is -0.809. The van der Waals surface area contributed by atoms with Gasteiger partial charge in [0.25, 0.3) is 0 Å². The van der Waals surface area contributed by atoms with Crippen molar-refractivity contribution < 1.29 is 13.2 Å². The van der Waals surface area contributed by atoms with Gasteiger partial charge in [-0.05, 0) is 18.6 Å². The number of benzene rings is 1. The first kappa shape index (κ1) is 12.9.